The Morgan fingerprint density at radius 1 is 1.67 bits per heavy atom. The molecule has 0 aliphatic heterocycles. The van der Waals surface area contributed by atoms with E-state index < -0.39 is 0 Å². The molecular formula is C6H10OSSi. The third-order valence-electron chi connectivity index (χ3n) is 1.17. The minimum absolute atomic E-state index is 0.862. The maximum absolute atomic E-state index is 5.06. The van der Waals surface area contributed by atoms with E-state index in [1.54, 1.807) is 11.3 Å². The molecule has 9 heavy (non-hydrogen) atoms. The fourth-order valence-electron chi connectivity index (χ4n) is 0.655. The van der Waals surface area contributed by atoms with E-state index in [2.05, 4.69) is 16.8 Å². The van der Waals surface area contributed by atoms with Crippen molar-refractivity contribution >= 4 is 21.8 Å². The highest BCUT2D eigenvalue weighted by Gasteiger charge is 1.89. The van der Waals surface area contributed by atoms with E-state index in [0.29, 0.717) is 0 Å². The Kier molecular flexibility index (Phi) is 2.97. The number of hydrogen-bond donors (Lipinski definition) is 0. The SMILES string of the molecule is [SiH3]OCCc1ccsc1. The van der Waals surface area contributed by atoms with E-state index in [0.717, 1.165) is 23.5 Å². The summed E-state index contributed by atoms with van der Waals surface area (Å²) in [6.45, 7) is 0.892. The summed E-state index contributed by atoms with van der Waals surface area (Å²) in [6.07, 6.45) is 1.08. The molecule has 0 radical (unpaired) electrons. The summed E-state index contributed by atoms with van der Waals surface area (Å²) in [7, 11) is 0.862. The summed E-state index contributed by atoms with van der Waals surface area (Å²) in [6, 6.07) is 2.14. The van der Waals surface area contributed by atoms with Crippen molar-refractivity contribution < 1.29 is 4.43 Å². The summed E-state index contributed by atoms with van der Waals surface area (Å²) in [5, 5.41) is 4.27. The predicted octanol–water partition coefficient (Wildman–Crippen LogP) is 0.588. The molecule has 0 saturated heterocycles. The molecule has 0 N–H and O–H groups in total. The van der Waals surface area contributed by atoms with Gasteiger partial charge in [0, 0.05) is 6.61 Å². The van der Waals surface area contributed by atoms with Crippen LogP contribution < -0.4 is 0 Å². The first-order chi connectivity index (χ1) is 4.43. The van der Waals surface area contributed by atoms with Crippen molar-refractivity contribution in [2.75, 3.05) is 6.61 Å². The van der Waals surface area contributed by atoms with Crippen LogP contribution in [-0.2, 0) is 10.8 Å². The van der Waals surface area contributed by atoms with Gasteiger partial charge in [0.1, 0.15) is 10.5 Å². The lowest BCUT2D eigenvalue weighted by Crippen LogP contribution is -1.92. The average Bonchev–Trinajstić information content (AvgIpc) is 2.34. The van der Waals surface area contributed by atoms with Crippen molar-refractivity contribution in [3.8, 4) is 0 Å². The second kappa shape index (κ2) is 3.82. The lowest BCUT2D eigenvalue weighted by molar-refractivity contribution is 0.354. The van der Waals surface area contributed by atoms with E-state index in [4.69, 9.17) is 4.43 Å². The molecule has 1 aromatic rings. The average molecular weight is 158 g/mol. The largest absolute Gasteiger partial charge is 0.428 e. The van der Waals surface area contributed by atoms with Crippen LogP contribution in [0.5, 0.6) is 0 Å². The van der Waals surface area contributed by atoms with Crippen LogP contribution in [-0.4, -0.2) is 17.1 Å². The van der Waals surface area contributed by atoms with Gasteiger partial charge in [-0.2, -0.15) is 11.3 Å². The maximum Gasteiger partial charge on any atom is 0.145 e. The third-order valence-corrected chi connectivity index (χ3v) is 2.32. The zero-order valence-electron chi connectivity index (χ0n) is 5.46. The zero-order valence-corrected chi connectivity index (χ0v) is 8.28. The first-order valence-corrected chi connectivity index (χ1v) is 4.69. The lowest BCUT2D eigenvalue weighted by atomic mass is 10.3. The van der Waals surface area contributed by atoms with Gasteiger partial charge >= 0.3 is 0 Å². The van der Waals surface area contributed by atoms with E-state index in [1.165, 1.54) is 5.56 Å². The molecule has 0 spiro atoms. The molecule has 50 valence electrons. The molecule has 1 aromatic heterocycles. The van der Waals surface area contributed by atoms with Crippen molar-refractivity contribution in [1.82, 2.24) is 0 Å². The Balaban J connectivity index is 2.30. The lowest BCUT2D eigenvalue weighted by Gasteiger charge is -1.93. The highest BCUT2D eigenvalue weighted by atomic mass is 32.1. The highest BCUT2D eigenvalue weighted by molar-refractivity contribution is 7.07. The third kappa shape index (κ3) is 2.30. The standard InChI is InChI=1S/C6H10OSSi/c9-7-3-1-6-2-4-8-5-6/h2,4-5H,1,3H2,9H3. The molecule has 0 aromatic carbocycles. The van der Waals surface area contributed by atoms with Crippen molar-refractivity contribution in [3.63, 3.8) is 0 Å². The van der Waals surface area contributed by atoms with E-state index in [-0.39, 0.29) is 0 Å². The van der Waals surface area contributed by atoms with Gasteiger partial charge in [-0.1, -0.05) is 0 Å². The molecule has 0 fully saturated rings. The Labute approximate surface area is 62.2 Å². The van der Waals surface area contributed by atoms with Gasteiger partial charge in [0.2, 0.25) is 0 Å². The van der Waals surface area contributed by atoms with Crippen LogP contribution in [0.4, 0.5) is 0 Å². The molecule has 0 atom stereocenters. The summed E-state index contributed by atoms with van der Waals surface area (Å²) in [5.41, 5.74) is 1.40. The van der Waals surface area contributed by atoms with Crippen LogP contribution >= 0.6 is 11.3 Å². The van der Waals surface area contributed by atoms with Crippen LogP contribution in [0.2, 0.25) is 0 Å². The molecule has 0 saturated carbocycles. The van der Waals surface area contributed by atoms with Gasteiger partial charge in [-0.25, -0.2) is 0 Å². The predicted molar refractivity (Wildman–Crippen MR) is 43.9 cm³/mol. The van der Waals surface area contributed by atoms with Crippen molar-refractivity contribution in [1.29, 1.82) is 0 Å². The first kappa shape index (κ1) is 6.99. The Morgan fingerprint density at radius 3 is 3.11 bits per heavy atom. The van der Waals surface area contributed by atoms with Crippen LogP contribution in [0.1, 0.15) is 5.56 Å². The Hall–Kier alpha value is -0.123. The smallest absolute Gasteiger partial charge is 0.145 e. The van der Waals surface area contributed by atoms with Gasteiger partial charge in [-0.15, -0.1) is 0 Å². The minimum atomic E-state index is 0.862. The van der Waals surface area contributed by atoms with Crippen LogP contribution in [0.15, 0.2) is 16.8 Å². The molecule has 0 unspecified atom stereocenters. The van der Waals surface area contributed by atoms with Crippen LogP contribution in [0, 0.1) is 0 Å². The molecular weight excluding hydrogens is 148 g/mol. The molecule has 0 aliphatic rings. The molecule has 1 heterocycles. The fraction of sp³-hybridized carbons (Fsp3) is 0.333. The monoisotopic (exact) mass is 158 g/mol. The summed E-state index contributed by atoms with van der Waals surface area (Å²) in [5.74, 6) is 0. The Bertz CT molecular complexity index is 150. The van der Waals surface area contributed by atoms with Crippen LogP contribution in [0.3, 0.4) is 0 Å². The van der Waals surface area contributed by atoms with Gasteiger partial charge in [0.25, 0.3) is 0 Å². The van der Waals surface area contributed by atoms with E-state index >= 15 is 0 Å². The van der Waals surface area contributed by atoms with Gasteiger partial charge in [0.15, 0.2) is 0 Å². The van der Waals surface area contributed by atoms with Crippen LogP contribution in [0.25, 0.3) is 0 Å². The first-order valence-electron chi connectivity index (χ1n) is 2.93. The number of rotatable bonds is 3. The minimum Gasteiger partial charge on any atom is -0.428 e. The van der Waals surface area contributed by atoms with Crippen molar-refractivity contribution in [2.24, 2.45) is 0 Å². The van der Waals surface area contributed by atoms with Crippen molar-refractivity contribution in [3.05, 3.63) is 22.4 Å². The fourth-order valence-corrected chi connectivity index (χ4v) is 1.56. The summed E-state index contributed by atoms with van der Waals surface area (Å²) < 4.78 is 5.06. The van der Waals surface area contributed by atoms with Gasteiger partial charge in [-0.3, -0.25) is 0 Å². The number of hydrogen-bond acceptors (Lipinski definition) is 2. The quantitative estimate of drug-likeness (QED) is 0.585. The molecule has 0 aliphatic carbocycles. The van der Waals surface area contributed by atoms with Gasteiger partial charge in [-0.05, 0) is 28.8 Å². The second-order valence-corrected chi connectivity index (χ2v) is 3.23. The molecule has 1 nitrogen and oxygen atoms in total. The summed E-state index contributed by atoms with van der Waals surface area (Å²) >= 11 is 1.75. The van der Waals surface area contributed by atoms with E-state index in [9.17, 15) is 0 Å². The maximum atomic E-state index is 5.06. The summed E-state index contributed by atoms with van der Waals surface area (Å²) in [4.78, 5) is 0. The second-order valence-electron chi connectivity index (χ2n) is 1.87. The number of thiophene rings is 1. The molecule has 0 bridgehead atoms. The molecule has 0 amide bonds. The topological polar surface area (TPSA) is 9.23 Å². The highest BCUT2D eigenvalue weighted by Crippen LogP contribution is 2.05. The van der Waals surface area contributed by atoms with Gasteiger partial charge in [0.05, 0.1) is 0 Å². The normalized spacial score (nSPS) is 10.2. The Morgan fingerprint density at radius 2 is 2.56 bits per heavy atom. The van der Waals surface area contributed by atoms with E-state index in [1.807, 2.05) is 0 Å². The molecule has 3 heteroatoms. The van der Waals surface area contributed by atoms with Gasteiger partial charge < -0.3 is 4.43 Å². The van der Waals surface area contributed by atoms with Crippen molar-refractivity contribution in [2.45, 2.75) is 6.42 Å². The zero-order chi connectivity index (χ0) is 6.53. The molecule has 1 rings (SSSR count).